The highest BCUT2D eigenvalue weighted by molar-refractivity contribution is 7.99. The minimum Gasteiger partial charge on any atom is -0.497 e. The standard InChI is InChI=1S/C29H29N5O4S/c1-20-5-3-4-6-25(20)28(36)34-17-15-33(16-18-34)23-11-9-22(10-12-23)30-26(35)19-39-29-32-31-27(38-29)21-7-13-24(37-2)14-8-21/h3-14H,15-19H2,1-2H3,(H,30,35). The number of aromatic nitrogens is 2. The molecule has 3 aromatic carbocycles. The lowest BCUT2D eigenvalue weighted by Crippen LogP contribution is -2.48. The molecule has 0 radical (unpaired) electrons. The third-order valence-electron chi connectivity index (χ3n) is 6.53. The molecule has 2 heterocycles. The zero-order valence-corrected chi connectivity index (χ0v) is 22.6. The van der Waals surface area contributed by atoms with Crippen LogP contribution in [0.3, 0.4) is 0 Å². The number of ether oxygens (including phenoxy) is 1. The Morgan fingerprint density at radius 1 is 0.949 bits per heavy atom. The lowest BCUT2D eigenvalue weighted by Gasteiger charge is -2.36. The Morgan fingerprint density at radius 3 is 2.36 bits per heavy atom. The van der Waals surface area contributed by atoms with E-state index in [1.54, 1.807) is 7.11 Å². The topological polar surface area (TPSA) is 101 Å². The van der Waals surface area contributed by atoms with Gasteiger partial charge in [-0.1, -0.05) is 30.0 Å². The molecule has 4 aromatic rings. The number of hydrogen-bond acceptors (Lipinski definition) is 8. The first-order chi connectivity index (χ1) is 19.0. The number of anilines is 2. The summed E-state index contributed by atoms with van der Waals surface area (Å²) in [4.78, 5) is 29.5. The van der Waals surface area contributed by atoms with Crippen molar-refractivity contribution >= 4 is 35.0 Å². The van der Waals surface area contributed by atoms with E-state index < -0.39 is 0 Å². The Bertz CT molecular complexity index is 1430. The number of carbonyl (C=O) groups excluding carboxylic acids is 2. The van der Waals surface area contributed by atoms with Gasteiger partial charge in [0, 0.05) is 48.7 Å². The molecule has 0 aliphatic carbocycles. The molecule has 5 rings (SSSR count). The predicted molar refractivity (Wildman–Crippen MR) is 151 cm³/mol. The van der Waals surface area contributed by atoms with Gasteiger partial charge in [0.2, 0.25) is 11.8 Å². The zero-order valence-electron chi connectivity index (χ0n) is 21.8. The van der Waals surface area contributed by atoms with Gasteiger partial charge in [0.1, 0.15) is 5.75 Å². The Balaban J connectivity index is 1.08. The minimum atomic E-state index is -0.166. The van der Waals surface area contributed by atoms with E-state index in [0.29, 0.717) is 29.9 Å². The Hall–Kier alpha value is -4.31. The van der Waals surface area contributed by atoms with Crippen LogP contribution in [0.2, 0.25) is 0 Å². The number of nitrogens with zero attached hydrogens (tertiary/aromatic N) is 4. The van der Waals surface area contributed by atoms with Crippen molar-refractivity contribution in [1.29, 1.82) is 0 Å². The highest BCUT2D eigenvalue weighted by Gasteiger charge is 2.23. The van der Waals surface area contributed by atoms with Gasteiger partial charge in [-0.2, -0.15) is 0 Å². The number of hydrogen-bond donors (Lipinski definition) is 1. The van der Waals surface area contributed by atoms with Crippen molar-refractivity contribution in [2.24, 2.45) is 0 Å². The van der Waals surface area contributed by atoms with Crippen LogP contribution in [-0.2, 0) is 4.79 Å². The summed E-state index contributed by atoms with van der Waals surface area (Å²) in [6, 6.07) is 22.8. The van der Waals surface area contributed by atoms with Crippen molar-refractivity contribution in [3.8, 4) is 17.2 Å². The smallest absolute Gasteiger partial charge is 0.277 e. The molecule has 1 N–H and O–H groups in total. The number of methoxy groups -OCH3 is 1. The lowest BCUT2D eigenvalue weighted by molar-refractivity contribution is -0.113. The normalized spacial score (nSPS) is 13.3. The van der Waals surface area contributed by atoms with Crippen LogP contribution in [0, 0.1) is 6.92 Å². The van der Waals surface area contributed by atoms with Crippen LogP contribution in [0.15, 0.2) is 82.4 Å². The monoisotopic (exact) mass is 543 g/mol. The van der Waals surface area contributed by atoms with Gasteiger partial charge in [0.25, 0.3) is 11.1 Å². The molecule has 0 spiro atoms. The number of piperazine rings is 1. The van der Waals surface area contributed by atoms with Gasteiger partial charge in [-0.15, -0.1) is 10.2 Å². The first-order valence-electron chi connectivity index (χ1n) is 12.6. The molecule has 200 valence electrons. The summed E-state index contributed by atoms with van der Waals surface area (Å²) in [5.41, 5.74) is 4.31. The largest absolute Gasteiger partial charge is 0.497 e. The van der Waals surface area contributed by atoms with Gasteiger partial charge in [-0.05, 0) is 67.1 Å². The summed E-state index contributed by atoms with van der Waals surface area (Å²) in [5.74, 6) is 1.19. The second kappa shape index (κ2) is 12.0. The van der Waals surface area contributed by atoms with E-state index >= 15 is 0 Å². The summed E-state index contributed by atoms with van der Waals surface area (Å²) < 4.78 is 10.8. The van der Waals surface area contributed by atoms with Crippen molar-refractivity contribution < 1.29 is 18.7 Å². The highest BCUT2D eigenvalue weighted by Crippen LogP contribution is 2.25. The fraction of sp³-hybridized carbons (Fsp3) is 0.241. The summed E-state index contributed by atoms with van der Waals surface area (Å²) >= 11 is 1.18. The van der Waals surface area contributed by atoms with Crippen molar-refractivity contribution in [2.75, 3.05) is 49.3 Å². The maximum Gasteiger partial charge on any atom is 0.277 e. The Kier molecular flexibility index (Phi) is 8.12. The van der Waals surface area contributed by atoms with Crippen LogP contribution in [-0.4, -0.2) is 66.0 Å². The molecule has 1 aromatic heterocycles. The van der Waals surface area contributed by atoms with E-state index in [-0.39, 0.29) is 17.6 Å². The summed E-state index contributed by atoms with van der Waals surface area (Å²) in [6.45, 7) is 4.80. The first-order valence-corrected chi connectivity index (χ1v) is 13.6. The molecule has 1 aliphatic heterocycles. The maximum atomic E-state index is 12.9. The van der Waals surface area contributed by atoms with Gasteiger partial charge < -0.3 is 24.3 Å². The second-order valence-electron chi connectivity index (χ2n) is 9.08. The highest BCUT2D eigenvalue weighted by atomic mass is 32.2. The molecule has 39 heavy (non-hydrogen) atoms. The molecule has 1 fully saturated rings. The van der Waals surface area contributed by atoms with Crippen molar-refractivity contribution in [2.45, 2.75) is 12.1 Å². The molecule has 0 saturated carbocycles. The Labute approximate surface area is 231 Å². The molecule has 2 amide bonds. The average Bonchev–Trinajstić information content (AvgIpc) is 3.46. The number of amides is 2. The summed E-state index contributed by atoms with van der Waals surface area (Å²) in [6.07, 6.45) is 0. The van der Waals surface area contributed by atoms with Crippen LogP contribution in [0.4, 0.5) is 11.4 Å². The van der Waals surface area contributed by atoms with Crippen molar-refractivity contribution in [3.63, 3.8) is 0 Å². The molecule has 1 aliphatic rings. The van der Waals surface area contributed by atoms with Gasteiger partial charge in [0.05, 0.1) is 12.9 Å². The zero-order chi connectivity index (χ0) is 27.2. The number of benzene rings is 3. The van der Waals surface area contributed by atoms with Gasteiger partial charge >= 0.3 is 0 Å². The van der Waals surface area contributed by atoms with Crippen molar-refractivity contribution in [3.05, 3.63) is 83.9 Å². The van der Waals surface area contributed by atoms with Gasteiger partial charge in [-0.3, -0.25) is 9.59 Å². The second-order valence-corrected chi connectivity index (χ2v) is 10.0. The summed E-state index contributed by atoms with van der Waals surface area (Å²) in [5, 5.41) is 11.3. The van der Waals surface area contributed by atoms with Gasteiger partial charge in [0.15, 0.2) is 0 Å². The third-order valence-corrected chi connectivity index (χ3v) is 7.35. The van der Waals surface area contributed by atoms with Crippen LogP contribution in [0.5, 0.6) is 5.75 Å². The molecular formula is C29H29N5O4S. The van der Waals surface area contributed by atoms with Gasteiger partial charge in [-0.25, -0.2) is 0 Å². The fourth-order valence-electron chi connectivity index (χ4n) is 4.35. The number of carbonyl (C=O) groups is 2. The predicted octanol–water partition coefficient (Wildman–Crippen LogP) is 4.75. The van der Waals surface area contributed by atoms with Crippen LogP contribution in [0.1, 0.15) is 15.9 Å². The van der Waals surface area contributed by atoms with Crippen LogP contribution < -0.4 is 15.0 Å². The summed E-state index contributed by atoms with van der Waals surface area (Å²) in [7, 11) is 1.61. The van der Waals surface area contributed by atoms with Crippen LogP contribution >= 0.6 is 11.8 Å². The van der Waals surface area contributed by atoms with Crippen LogP contribution in [0.25, 0.3) is 11.5 Å². The molecule has 0 atom stereocenters. The number of thioether (sulfide) groups is 1. The van der Waals surface area contributed by atoms with E-state index in [4.69, 9.17) is 9.15 Å². The first kappa shape index (κ1) is 26.3. The van der Waals surface area contributed by atoms with E-state index in [2.05, 4.69) is 20.4 Å². The van der Waals surface area contributed by atoms with E-state index in [1.807, 2.05) is 84.6 Å². The van der Waals surface area contributed by atoms with E-state index in [9.17, 15) is 9.59 Å². The molecule has 1 saturated heterocycles. The van der Waals surface area contributed by atoms with Crippen molar-refractivity contribution in [1.82, 2.24) is 15.1 Å². The fourth-order valence-corrected chi connectivity index (χ4v) is 4.91. The number of rotatable bonds is 8. The Morgan fingerprint density at radius 2 is 1.67 bits per heavy atom. The van der Waals surface area contributed by atoms with E-state index in [1.165, 1.54) is 11.8 Å². The quantitative estimate of drug-likeness (QED) is 0.318. The molecule has 0 unspecified atom stereocenters. The lowest BCUT2D eigenvalue weighted by atomic mass is 10.1. The number of aryl methyl sites for hydroxylation is 1. The minimum absolute atomic E-state index is 0.0844. The molecule has 10 heteroatoms. The molecule has 0 bridgehead atoms. The maximum absolute atomic E-state index is 12.9. The SMILES string of the molecule is COc1ccc(-c2nnc(SCC(=O)Nc3ccc(N4CCN(C(=O)c5ccccc5C)CC4)cc3)o2)cc1. The third kappa shape index (κ3) is 6.40. The number of nitrogens with one attached hydrogen (secondary N) is 1. The molecule has 9 nitrogen and oxygen atoms in total. The average molecular weight is 544 g/mol. The molecular weight excluding hydrogens is 514 g/mol. The van der Waals surface area contributed by atoms with E-state index in [0.717, 1.165) is 41.2 Å².